The molecule has 1 aromatic carbocycles. The average Bonchev–Trinajstić information content (AvgIpc) is 3.02. The minimum absolute atomic E-state index is 0. The van der Waals surface area contributed by atoms with Crippen LogP contribution < -0.4 is 20.1 Å². The SMILES string of the molecule is CCNC(=NCCN(C)C(C)C)NCCc1ccc2c(c1)OCO2.I. The summed E-state index contributed by atoms with van der Waals surface area (Å²) >= 11 is 0. The molecule has 0 aromatic heterocycles. The molecule has 2 rings (SSSR count). The van der Waals surface area contributed by atoms with Gasteiger partial charge in [-0.05, 0) is 51.9 Å². The number of guanidine groups is 1. The van der Waals surface area contributed by atoms with Crippen LogP contribution in [-0.4, -0.2) is 56.9 Å². The number of fused-ring (bicyclic) bond motifs is 1. The standard InChI is InChI=1S/C18H30N4O2.HI/c1-5-19-18(21-10-11-22(4)14(2)3)20-9-8-15-6-7-16-17(12-15)24-13-23-16;/h6-7,12,14H,5,8-11,13H2,1-4H3,(H2,19,20,21);1H. The quantitative estimate of drug-likeness (QED) is 0.353. The first kappa shape index (κ1) is 21.8. The van der Waals surface area contributed by atoms with Crippen LogP contribution in [0.4, 0.5) is 0 Å². The van der Waals surface area contributed by atoms with Crippen molar-refractivity contribution < 1.29 is 9.47 Å². The normalized spacial score (nSPS) is 13.1. The highest BCUT2D eigenvalue weighted by molar-refractivity contribution is 14.0. The molecule has 0 unspecified atom stereocenters. The van der Waals surface area contributed by atoms with Crippen LogP contribution in [0.1, 0.15) is 26.3 Å². The zero-order valence-corrected chi connectivity index (χ0v) is 18.0. The highest BCUT2D eigenvalue weighted by Crippen LogP contribution is 2.32. The van der Waals surface area contributed by atoms with Gasteiger partial charge < -0.3 is 25.0 Å². The molecule has 0 aliphatic carbocycles. The third-order valence-corrected chi connectivity index (χ3v) is 4.09. The van der Waals surface area contributed by atoms with Crippen molar-refractivity contribution in [2.75, 3.05) is 40.0 Å². The summed E-state index contributed by atoms with van der Waals surface area (Å²) in [6.07, 6.45) is 0.910. The average molecular weight is 462 g/mol. The van der Waals surface area contributed by atoms with Gasteiger partial charge in [0.05, 0.1) is 6.54 Å². The number of nitrogens with one attached hydrogen (secondary N) is 2. The Hall–Kier alpha value is -1.22. The topological polar surface area (TPSA) is 58.1 Å². The molecular weight excluding hydrogens is 431 g/mol. The Kier molecular flexibility index (Phi) is 9.96. The predicted octanol–water partition coefficient (Wildman–Crippen LogP) is 2.47. The van der Waals surface area contributed by atoms with Crippen molar-refractivity contribution in [2.45, 2.75) is 33.2 Å². The van der Waals surface area contributed by atoms with Gasteiger partial charge in [0.1, 0.15) is 0 Å². The Morgan fingerprint density at radius 2 is 2.00 bits per heavy atom. The van der Waals surface area contributed by atoms with Gasteiger partial charge in [-0.1, -0.05) is 6.07 Å². The van der Waals surface area contributed by atoms with Crippen molar-refractivity contribution in [3.8, 4) is 11.5 Å². The van der Waals surface area contributed by atoms with Crippen LogP contribution in [0.25, 0.3) is 0 Å². The van der Waals surface area contributed by atoms with Crippen LogP contribution in [0.3, 0.4) is 0 Å². The van der Waals surface area contributed by atoms with Crippen LogP contribution in [0.5, 0.6) is 11.5 Å². The first-order valence-electron chi connectivity index (χ1n) is 8.71. The van der Waals surface area contributed by atoms with Crippen molar-refractivity contribution >= 4 is 29.9 Å². The van der Waals surface area contributed by atoms with Gasteiger partial charge in [0.25, 0.3) is 0 Å². The molecule has 1 aliphatic heterocycles. The monoisotopic (exact) mass is 462 g/mol. The fourth-order valence-electron chi connectivity index (χ4n) is 2.34. The fourth-order valence-corrected chi connectivity index (χ4v) is 2.34. The van der Waals surface area contributed by atoms with E-state index in [4.69, 9.17) is 9.47 Å². The Morgan fingerprint density at radius 3 is 2.72 bits per heavy atom. The van der Waals surface area contributed by atoms with E-state index in [0.717, 1.165) is 50.1 Å². The molecule has 7 heteroatoms. The third-order valence-electron chi connectivity index (χ3n) is 4.09. The molecule has 0 atom stereocenters. The van der Waals surface area contributed by atoms with Gasteiger partial charge in [-0.3, -0.25) is 4.99 Å². The largest absolute Gasteiger partial charge is 0.454 e. The van der Waals surface area contributed by atoms with Gasteiger partial charge >= 0.3 is 0 Å². The second-order valence-electron chi connectivity index (χ2n) is 6.20. The molecule has 0 fully saturated rings. The molecule has 2 N–H and O–H groups in total. The van der Waals surface area contributed by atoms with E-state index in [9.17, 15) is 0 Å². The van der Waals surface area contributed by atoms with Gasteiger partial charge in [-0.2, -0.15) is 0 Å². The van der Waals surface area contributed by atoms with Gasteiger partial charge in [-0.15, -0.1) is 24.0 Å². The van der Waals surface area contributed by atoms with Crippen molar-refractivity contribution in [3.05, 3.63) is 23.8 Å². The third kappa shape index (κ3) is 7.27. The van der Waals surface area contributed by atoms with Crippen molar-refractivity contribution in [1.29, 1.82) is 0 Å². The number of ether oxygens (including phenoxy) is 2. The molecule has 0 bridgehead atoms. The summed E-state index contributed by atoms with van der Waals surface area (Å²) in [7, 11) is 2.13. The van der Waals surface area contributed by atoms with E-state index in [1.165, 1.54) is 5.56 Å². The van der Waals surface area contributed by atoms with E-state index in [1.54, 1.807) is 0 Å². The number of likely N-dealkylation sites (N-methyl/N-ethyl adjacent to an activating group) is 1. The van der Waals surface area contributed by atoms with Crippen molar-refractivity contribution in [1.82, 2.24) is 15.5 Å². The Labute approximate surface area is 168 Å². The van der Waals surface area contributed by atoms with Gasteiger partial charge in [0, 0.05) is 25.7 Å². The first-order chi connectivity index (χ1) is 11.6. The van der Waals surface area contributed by atoms with E-state index >= 15 is 0 Å². The van der Waals surface area contributed by atoms with Gasteiger partial charge in [0.2, 0.25) is 6.79 Å². The Morgan fingerprint density at radius 1 is 1.24 bits per heavy atom. The van der Waals surface area contributed by atoms with E-state index in [0.29, 0.717) is 12.8 Å². The molecule has 6 nitrogen and oxygen atoms in total. The number of nitrogens with zero attached hydrogens (tertiary/aromatic N) is 2. The fraction of sp³-hybridized carbons (Fsp3) is 0.611. The van der Waals surface area contributed by atoms with Crippen LogP contribution in [0.15, 0.2) is 23.2 Å². The summed E-state index contributed by atoms with van der Waals surface area (Å²) in [6.45, 7) is 10.2. The van der Waals surface area contributed by atoms with Crippen LogP contribution in [-0.2, 0) is 6.42 Å². The number of benzene rings is 1. The van der Waals surface area contributed by atoms with E-state index in [-0.39, 0.29) is 24.0 Å². The lowest BCUT2D eigenvalue weighted by Crippen LogP contribution is -2.39. The highest BCUT2D eigenvalue weighted by atomic mass is 127. The number of aliphatic imine (C=N–C) groups is 1. The molecule has 0 radical (unpaired) electrons. The molecular formula is C18H31IN4O2. The predicted molar refractivity (Wildman–Crippen MR) is 113 cm³/mol. The molecule has 0 spiro atoms. The maximum atomic E-state index is 5.42. The number of rotatable bonds is 8. The smallest absolute Gasteiger partial charge is 0.231 e. The van der Waals surface area contributed by atoms with Gasteiger partial charge in [-0.25, -0.2) is 0 Å². The van der Waals surface area contributed by atoms with Gasteiger partial charge in [0.15, 0.2) is 17.5 Å². The lowest BCUT2D eigenvalue weighted by molar-refractivity contribution is 0.174. The summed E-state index contributed by atoms with van der Waals surface area (Å²) in [6, 6.07) is 6.64. The van der Waals surface area contributed by atoms with Crippen LogP contribution >= 0.6 is 24.0 Å². The zero-order valence-electron chi connectivity index (χ0n) is 15.7. The summed E-state index contributed by atoms with van der Waals surface area (Å²) in [5, 5.41) is 6.68. The van der Waals surface area contributed by atoms with E-state index in [1.807, 2.05) is 12.1 Å². The lowest BCUT2D eigenvalue weighted by atomic mass is 10.1. The molecule has 0 saturated heterocycles. The second-order valence-corrected chi connectivity index (χ2v) is 6.20. The number of halogens is 1. The minimum Gasteiger partial charge on any atom is -0.454 e. The Bertz CT molecular complexity index is 552. The van der Waals surface area contributed by atoms with Crippen molar-refractivity contribution in [2.24, 2.45) is 4.99 Å². The zero-order chi connectivity index (χ0) is 17.4. The van der Waals surface area contributed by atoms with Crippen LogP contribution in [0, 0.1) is 0 Å². The van der Waals surface area contributed by atoms with Crippen molar-refractivity contribution in [3.63, 3.8) is 0 Å². The molecule has 1 aliphatic rings. The van der Waals surface area contributed by atoms with E-state index in [2.05, 4.69) is 54.4 Å². The second kappa shape index (κ2) is 11.4. The molecule has 1 heterocycles. The van der Waals surface area contributed by atoms with Crippen LogP contribution in [0.2, 0.25) is 0 Å². The minimum atomic E-state index is 0. The maximum absolute atomic E-state index is 5.42. The summed E-state index contributed by atoms with van der Waals surface area (Å²) in [4.78, 5) is 6.92. The maximum Gasteiger partial charge on any atom is 0.231 e. The Balaban J connectivity index is 0.00000312. The first-order valence-corrected chi connectivity index (χ1v) is 8.71. The number of hydrogen-bond donors (Lipinski definition) is 2. The summed E-state index contributed by atoms with van der Waals surface area (Å²) in [5.41, 5.74) is 1.22. The number of hydrogen-bond acceptors (Lipinski definition) is 4. The molecule has 25 heavy (non-hydrogen) atoms. The molecule has 142 valence electrons. The summed E-state index contributed by atoms with van der Waals surface area (Å²) < 4.78 is 10.8. The molecule has 0 amide bonds. The summed E-state index contributed by atoms with van der Waals surface area (Å²) in [5.74, 6) is 2.54. The molecule has 0 saturated carbocycles. The van der Waals surface area contributed by atoms with E-state index < -0.39 is 0 Å². The molecule has 1 aromatic rings. The lowest BCUT2D eigenvalue weighted by Gasteiger charge is -2.20. The highest BCUT2D eigenvalue weighted by Gasteiger charge is 2.12.